The Morgan fingerprint density at radius 1 is 1.10 bits per heavy atom. The highest BCUT2D eigenvalue weighted by Gasteiger charge is 2.35. The van der Waals surface area contributed by atoms with Gasteiger partial charge in [0.2, 0.25) is 0 Å². The van der Waals surface area contributed by atoms with Crippen molar-refractivity contribution in [3.8, 4) is 11.5 Å². The molecule has 0 saturated carbocycles. The van der Waals surface area contributed by atoms with Crippen LogP contribution in [-0.4, -0.2) is 18.9 Å². The molecule has 3 aromatic carbocycles. The molecule has 1 aliphatic heterocycles. The predicted octanol–water partition coefficient (Wildman–Crippen LogP) is 9.08. The molecule has 0 N–H and O–H groups in total. The van der Waals surface area contributed by atoms with Crippen LogP contribution in [0.25, 0.3) is 0 Å². The summed E-state index contributed by atoms with van der Waals surface area (Å²) in [6, 6.07) is 17.3. The normalized spacial score (nSPS) is 19.0. The van der Waals surface area contributed by atoms with Crippen LogP contribution in [0.4, 0.5) is 0 Å². The molecule has 1 heterocycles. The molecule has 214 valence electrons. The first kappa shape index (κ1) is 30.3. The average Bonchev–Trinajstić information content (AvgIpc) is 2.90. The monoisotopic (exact) mass is 584 g/mol. The molecule has 4 rings (SSSR count). The second kappa shape index (κ2) is 13.4. The lowest BCUT2D eigenvalue weighted by molar-refractivity contribution is -0.134. The first-order valence-electron chi connectivity index (χ1n) is 13.8. The second-order valence-corrected chi connectivity index (χ2v) is 13.0. The number of esters is 1. The van der Waals surface area contributed by atoms with Crippen LogP contribution in [0.3, 0.4) is 0 Å². The van der Waals surface area contributed by atoms with E-state index in [1.54, 1.807) is 6.07 Å². The second-order valence-electron chi connectivity index (χ2n) is 10.6. The summed E-state index contributed by atoms with van der Waals surface area (Å²) in [5, 5.41) is 0.608. The highest BCUT2D eigenvalue weighted by molar-refractivity contribution is 7.53. The molecular weight excluding hydrogens is 547 g/mol. The number of rotatable bonds is 10. The van der Waals surface area contributed by atoms with Gasteiger partial charge in [-0.15, -0.1) is 0 Å². The van der Waals surface area contributed by atoms with E-state index in [0.29, 0.717) is 36.0 Å². The Balaban J connectivity index is 1.45. The van der Waals surface area contributed by atoms with Crippen molar-refractivity contribution in [1.29, 1.82) is 0 Å². The van der Waals surface area contributed by atoms with Crippen molar-refractivity contribution in [1.82, 2.24) is 0 Å². The Hall–Kier alpha value is -2.63. The van der Waals surface area contributed by atoms with E-state index in [0.717, 1.165) is 40.7 Å². The Bertz CT molecular complexity index is 1380. The van der Waals surface area contributed by atoms with Crippen molar-refractivity contribution in [3.05, 3.63) is 93.0 Å². The van der Waals surface area contributed by atoms with Crippen LogP contribution in [0.15, 0.2) is 54.6 Å². The van der Waals surface area contributed by atoms with Crippen molar-refractivity contribution in [2.24, 2.45) is 0 Å². The van der Waals surface area contributed by atoms with Gasteiger partial charge in [0.25, 0.3) is 0 Å². The number of benzene rings is 3. The van der Waals surface area contributed by atoms with Crippen molar-refractivity contribution in [2.45, 2.75) is 72.3 Å². The minimum atomic E-state index is -3.45. The minimum Gasteiger partial charge on any atom is -0.481 e. The van der Waals surface area contributed by atoms with Crippen molar-refractivity contribution in [2.75, 3.05) is 13.0 Å². The molecule has 0 spiro atoms. The fraction of sp³-hybridized carbons (Fsp3) is 0.406. The Morgan fingerprint density at radius 3 is 2.52 bits per heavy atom. The highest BCUT2D eigenvalue weighted by atomic mass is 35.5. The molecule has 0 aromatic heterocycles. The molecule has 0 radical (unpaired) electrons. The molecular formula is C32H38ClO6P. The number of hydrogen-bond acceptors (Lipinski definition) is 6. The van der Waals surface area contributed by atoms with Gasteiger partial charge in [-0.25, -0.2) is 0 Å². The van der Waals surface area contributed by atoms with Gasteiger partial charge in [0.05, 0.1) is 12.7 Å². The number of ether oxygens (including phenoxy) is 2. The Morgan fingerprint density at radius 2 is 1.85 bits per heavy atom. The van der Waals surface area contributed by atoms with Gasteiger partial charge in [0, 0.05) is 17.9 Å². The number of aryl methyl sites for hydroxylation is 2. The molecule has 0 unspecified atom stereocenters. The summed E-state index contributed by atoms with van der Waals surface area (Å²) in [4.78, 5) is 12.1. The zero-order valence-electron chi connectivity index (χ0n) is 23.9. The maximum Gasteiger partial charge on any atom is 0.368 e. The van der Waals surface area contributed by atoms with Crippen molar-refractivity contribution in [3.63, 3.8) is 0 Å². The van der Waals surface area contributed by atoms with Gasteiger partial charge in [-0.2, -0.15) is 0 Å². The fourth-order valence-corrected chi connectivity index (χ4v) is 6.58. The van der Waals surface area contributed by atoms with E-state index in [2.05, 4.69) is 19.9 Å². The van der Waals surface area contributed by atoms with E-state index in [-0.39, 0.29) is 24.3 Å². The van der Waals surface area contributed by atoms with E-state index < -0.39 is 7.60 Å². The van der Waals surface area contributed by atoms with Gasteiger partial charge in [-0.1, -0.05) is 56.6 Å². The standard InChI is InChI=1S/C32H38ClO6P/c1-6-8-32(34)38-31-12-11-24(17-28(31)21(2)3)18-29-22(4)15-27(16-23(29)5)36-20-40(35)37-14-13-30(39-40)25-9-7-10-26(33)19-25/h7,9-12,15-17,19,21,30H,6,8,13-14,18,20H2,1-5H3/t30-,40+/m0/s1. The zero-order chi connectivity index (χ0) is 28.9. The van der Waals surface area contributed by atoms with E-state index in [9.17, 15) is 9.36 Å². The summed E-state index contributed by atoms with van der Waals surface area (Å²) in [5.41, 5.74) is 6.36. The summed E-state index contributed by atoms with van der Waals surface area (Å²) in [6.07, 6.45) is 1.96. The number of halogens is 1. The molecule has 40 heavy (non-hydrogen) atoms. The molecule has 0 amide bonds. The van der Waals surface area contributed by atoms with Crippen molar-refractivity contribution >= 4 is 25.2 Å². The van der Waals surface area contributed by atoms with Gasteiger partial charge >= 0.3 is 13.6 Å². The molecule has 2 atom stereocenters. The third kappa shape index (κ3) is 7.76. The van der Waals surface area contributed by atoms with Gasteiger partial charge in [-0.05, 0) is 96.3 Å². The summed E-state index contributed by atoms with van der Waals surface area (Å²) in [5.74, 6) is 1.26. The molecule has 8 heteroatoms. The number of carbonyl (C=O) groups excluding carboxylic acids is 1. The summed E-state index contributed by atoms with van der Waals surface area (Å²) < 4.78 is 36.4. The number of carbonyl (C=O) groups is 1. The lowest BCUT2D eigenvalue weighted by Crippen LogP contribution is -2.17. The van der Waals surface area contributed by atoms with Crippen LogP contribution in [-0.2, 0) is 24.8 Å². The molecule has 1 saturated heterocycles. The summed E-state index contributed by atoms with van der Waals surface area (Å²) in [6.45, 7) is 10.6. The quantitative estimate of drug-likeness (QED) is 0.134. The molecule has 6 nitrogen and oxygen atoms in total. The van der Waals surface area contributed by atoms with Crippen LogP contribution in [0.5, 0.6) is 11.5 Å². The topological polar surface area (TPSA) is 71.1 Å². The van der Waals surface area contributed by atoms with Gasteiger partial charge < -0.3 is 14.0 Å². The van der Waals surface area contributed by atoms with Crippen LogP contribution in [0.2, 0.25) is 5.02 Å². The molecule has 3 aromatic rings. The van der Waals surface area contributed by atoms with E-state index in [1.807, 2.05) is 63.2 Å². The first-order valence-corrected chi connectivity index (χ1v) is 15.9. The molecule has 0 aliphatic carbocycles. The Labute approximate surface area is 242 Å². The average molecular weight is 585 g/mol. The Kier molecular flexibility index (Phi) is 10.1. The molecule has 1 aliphatic rings. The third-order valence-corrected chi connectivity index (χ3v) is 8.82. The van der Waals surface area contributed by atoms with Crippen LogP contribution in [0, 0.1) is 13.8 Å². The van der Waals surface area contributed by atoms with Crippen molar-refractivity contribution < 1.29 is 27.9 Å². The number of hydrogen-bond donors (Lipinski definition) is 0. The molecule has 0 bridgehead atoms. The third-order valence-electron chi connectivity index (χ3n) is 6.99. The minimum absolute atomic E-state index is 0.168. The lowest BCUT2D eigenvalue weighted by atomic mass is 9.93. The van der Waals surface area contributed by atoms with Crippen LogP contribution >= 0.6 is 19.2 Å². The maximum absolute atomic E-state index is 13.3. The SMILES string of the molecule is CCCC(=O)Oc1ccc(Cc2c(C)cc(OC[P@@]3(=O)OCC[C@@H](c4cccc(Cl)c4)O3)cc2C)cc1C(C)C. The van der Waals surface area contributed by atoms with Gasteiger partial charge in [0.1, 0.15) is 11.5 Å². The fourth-order valence-electron chi connectivity index (χ4n) is 4.88. The van der Waals surface area contributed by atoms with Crippen LogP contribution in [0.1, 0.15) is 85.4 Å². The lowest BCUT2D eigenvalue weighted by Gasteiger charge is -2.30. The first-order chi connectivity index (χ1) is 19.1. The smallest absolute Gasteiger partial charge is 0.368 e. The highest BCUT2D eigenvalue weighted by Crippen LogP contribution is 2.56. The van der Waals surface area contributed by atoms with Gasteiger partial charge in [-0.3, -0.25) is 13.9 Å². The van der Waals surface area contributed by atoms with Crippen LogP contribution < -0.4 is 9.47 Å². The van der Waals surface area contributed by atoms with E-state index in [4.69, 9.17) is 30.1 Å². The summed E-state index contributed by atoms with van der Waals surface area (Å²) in [7, 11) is -3.45. The largest absolute Gasteiger partial charge is 0.481 e. The summed E-state index contributed by atoms with van der Waals surface area (Å²) >= 11 is 6.13. The zero-order valence-corrected chi connectivity index (χ0v) is 25.5. The van der Waals surface area contributed by atoms with Gasteiger partial charge in [0.15, 0.2) is 6.35 Å². The molecule has 1 fully saturated rings. The van der Waals surface area contributed by atoms with E-state index in [1.165, 1.54) is 5.56 Å². The van der Waals surface area contributed by atoms with E-state index >= 15 is 0 Å². The predicted molar refractivity (Wildman–Crippen MR) is 159 cm³/mol. The maximum atomic E-state index is 13.3.